The van der Waals surface area contributed by atoms with Gasteiger partial charge < -0.3 is 93.7 Å². The number of aliphatic hydroxyl groups excluding tert-OH is 10. The Kier molecular flexibility index (Phi) is 18.7. The smallest absolute Gasteiger partial charge is 0.338 e. The van der Waals surface area contributed by atoms with E-state index < -0.39 is 181 Å². The van der Waals surface area contributed by atoms with E-state index in [0.717, 1.165) is 5.57 Å². The van der Waals surface area contributed by atoms with Crippen molar-refractivity contribution in [2.24, 2.45) is 50.2 Å². The van der Waals surface area contributed by atoms with Gasteiger partial charge in [0.15, 0.2) is 31.1 Å². The van der Waals surface area contributed by atoms with E-state index in [2.05, 4.69) is 40.7 Å². The molecule has 3 heterocycles. The molecule has 22 nitrogen and oxygen atoms in total. The van der Waals surface area contributed by atoms with Crippen molar-refractivity contribution < 1.29 is 108 Å². The molecule has 10 N–H and O–H groups in total. The molecule has 0 aromatic heterocycles. The molecule has 456 valence electrons. The Morgan fingerprint density at radius 1 is 0.700 bits per heavy atom. The number of ether oxygens (including phenoxy) is 9. The zero-order valence-corrected chi connectivity index (χ0v) is 48.3. The van der Waals surface area contributed by atoms with Crippen LogP contribution in [0.4, 0.5) is 0 Å². The second kappa shape index (κ2) is 23.6. The standard InChI is InChI=1S/C58H92O22/c1-12-14-21-72-49(71)44-42(69)43(77-50-40(67)38(65)32(25-60)75-50)45(79-51-41(68)39(66)37(64)31(24-59)74-51)52(78-44)76-36-18-19-55(9)33(54(36,7)8)17-20-56(10)34(55)16-15-29-30-22-53(5,6)46(73-28(4)62)47(80-48(70)27(3)13-2)58(30,26-61)35(63)23-57(29,56)11/h13,15,30-47,50-52,59-61,63-69H,12,14,16-26H2,1-11H3/b27-13+/t30?,31?,32?,33?,34?,35-,36+,37?,38?,39?,40?,41?,42?,43?,44?,45?,46+,47+,50?,51?,52?,55+,56-,57-,58+/m1/s1. The van der Waals surface area contributed by atoms with Crippen LogP contribution < -0.4 is 0 Å². The third kappa shape index (κ3) is 10.4. The molecule has 0 aromatic carbocycles. The summed E-state index contributed by atoms with van der Waals surface area (Å²) >= 11 is 0. The average molecular weight is 1140 g/mol. The highest BCUT2D eigenvalue weighted by Crippen LogP contribution is 2.76. The summed E-state index contributed by atoms with van der Waals surface area (Å²) < 4.78 is 55.4. The lowest BCUT2D eigenvalue weighted by Gasteiger charge is -2.72. The molecule has 0 amide bonds. The van der Waals surface area contributed by atoms with Crippen molar-refractivity contribution in [3.63, 3.8) is 0 Å². The first-order valence-corrected chi connectivity index (χ1v) is 28.9. The van der Waals surface area contributed by atoms with Gasteiger partial charge in [0.1, 0.15) is 67.1 Å². The van der Waals surface area contributed by atoms with Crippen molar-refractivity contribution in [1.82, 2.24) is 0 Å². The largest absolute Gasteiger partial charge is 0.464 e. The first-order chi connectivity index (χ1) is 37.5. The minimum atomic E-state index is -1.97. The lowest BCUT2D eigenvalue weighted by atomic mass is 9.33. The highest BCUT2D eigenvalue weighted by Gasteiger charge is 2.74. The minimum Gasteiger partial charge on any atom is -0.464 e. The lowest BCUT2D eigenvalue weighted by molar-refractivity contribution is -0.386. The highest BCUT2D eigenvalue weighted by atomic mass is 16.8. The molecule has 5 aliphatic carbocycles. The van der Waals surface area contributed by atoms with Crippen LogP contribution in [0.3, 0.4) is 0 Å². The first-order valence-electron chi connectivity index (χ1n) is 28.9. The van der Waals surface area contributed by atoms with Gasteiger partial charge in [0, 0.05) is 17.9 Å². The van der Waals surface area contributed by atoms with Gasteiger partial charge in [-0.3, -0.25) is 4.79 Å². The van der Waals surface area contributed by atoms with E-state index in [1.165, 1.54) is 6.92 Å². The maximum absolute atomic E-state index is 13.9. The number of rotatable bonds is 16. The third-order valence-corrected chi connectivity index (χ3v) is 21.3. The van der Waals surface area contributed by atoms with Gasteiger partial charge in [-0.15, -0.1) is 0 Å². The number of fused-ring (bicyclic) bond motifs is 7. The Morgan fingerprint density at radius 3 is 1.90 bits per heavy atom. The maximum Gasteiger partial charge on any atom is 0.338 e. The molecule has 4 saturated carbocycles. The van der Waals surface area contributed by atoms with Crippen LogP contribution in [0.2, 0.25) is 0 Å². The molecule has 22 heteroatoms. The van der Waals surface area contributed by atoms with Crippen molar-refractivity contribution in [1.29, 1.82) is 0 Å². The molecule has 25 atom stereocenters. The van der Waals surface area contributed by atoms with Crippen LogP contribution in [-0.2, 0) is 57.0 Å². The molecule has 80 heavy (non-hydrogen) atoms. The Bertz CT molecular complexity index is 2290. The Morgan fingerprint density at radius 2 is 1.31 bits per heavy atom. The van der Waals surface area contributed by atoms with Gasteiger partial charge >= 0.3 is 17.9 Å². The summed E-state index contributed by atoms with van der Waals surface area (Å²) in [5.41, 5.74) is -2.83. The molecular weight excluding hydrogens is 1050 g/mol. The van der Waals surface area contributed by atoms with Crippen molar-refractivity contribution in [3.05, 3.63) is 23.3 Å². The number of unbranched alkanes of at least 4 members (excludes halogenated alkanes) is 1. The predicted octanol–water partition coefficient (Wildman–Crippen LogP) is 1.60. The molecule has 3 aliphatic heterocycles. The van der Waals surface area contributed by atoms with E-state index in [9.17, 15) is 65.4 Å². The lowest BCUT2D eigenvalue weighted by Crippen LogP contribution is -2.72. The second-order valence-electron chi connectivity index (χ2n) is 26.4. The average Bonchev–Trinajstić information content (AvgIpc) is 3.81. The van der Waals surface area contributed by atoms with Crippen LogP contribution in [0.5, 0.6) is 0 Å². The summed E-state index contributed by atoms with van der Waals surface area (Å²) in [4.78, 5) is 40.4. The summed E-state index contributed by atoms with van der Waals surface area (Å²) in [5.74, 6) is -2.63. The zero-order valence-electron chi connectivity index (χ0n) is 48.3. The maximum atomic E-state index is 13.9. The Labute approximate surface area is 469 Å². The van der Waals surface area contributed by atoms with Crippen LogP contribution in [0, 0.1) is 50.2 Å². The SMILES string of the molecule is C/C=C(\C)C(=O)O[C@H]1[C@H](OC(C)=O)C(C)(C)CC2C3=CCC4[C@@]5(C)CC[C@H](OC6OC(C(=O)OCCCC)C(O)C(OC7OC(CO)C(O)C7O)C6OC6OC(CO)C(O)C(O)C6O)C(C)(C)C5CC[C@@]4(C)[C@]3(C)C[C@@H](O)[C@]21CO. The molecule has 0 spiro atoms. The Balaban J connectivity index is 1.14. The molecule has 3 saturated heterocycles. The Hall–Kier alpha value is -2.75. The number of aliphatic hydroxyl groups is 10. The molecular formula is C58H92O22. The van der Waals surface area contributed by atoms with Crippen molar-refractivity contribution in [2.75, 3.05) is 26.4 Å². The predicted molar refractivity (Wildman–Crippen MR) is 280 cm³/mol. The fourth-order valence-electron chi connectivity index (χ4n) is 16.4. The van der Waals surface area contributed by atoms with Gasteiger partial charge in [-0.25, -0.2) is 9.59 Å². The topological polar surface area (TPSA) is 337 Å². The van der Waals surface area contributed by atoms with Crippen molar-refractivity contribution in [3.8, 4) is 0 Å². The molecule has 8 aliphatic rings. The monoisotopic (exact) mass is 1140 g/mol. The molecule has 0 radical (unpaired) electrons. The molecule has 8 rings (SSSR count). The highest BCUT2D eigenvalue weighted by molar-refractivity contribution is 5.88. The van der Waals surface area contributed by atoms with Gasteiger partial charge in [0.25, 0.3) is 0 Å². The van der Waals surface area contributed by atoms with Crippen LogP contribution in [0.25, 0.3) is 0 Å². The molecule has 0 aromatic rings. The van der Waals surface area contributed by atoms with E-state index in [1.807, 2.05) is 20.8 Å². The number of hydrogen-bond donors (Lipinski definition) is 10. The van der Waals surface area contributed by atoms with E-state index >= 15 is 0 Å². The molecule has 7 fully saturated rings. The number of allylic oxidation sites excluding steroid dienone is 3. The van der Waals surface area contributed by atoms with E-state index in [4.69, 9.17) is 42.6 Å². The summed E-state index contributed by atoms with van der Waals surface area (Å²) in [7, 11) is 0. The van der Waals surface area contributed by atoms with Gasteiger partial charge in [0.05, 0.1) is 44.1 Å². The quantitative estimate of drug-likeness (QED) is 0.0262. The van der Waals surface area contributed by atoms with Crippen molar-refractivity contribution in [2.45, 2.75) is 244 Å². The second-order valence-corrected chi connectivity index (χ2v) is 26.4. The van der Waals surface area contributed by atoms with Crippen LogP contribution in [0.1, 0.15) is 134 Å². The summed E-state index contributed by atoms with van der Waals surface area (Å²) in [5, 5.41) is 111. The van der Waals surface area contributed by atoms with E-state index in [0.29, 0.717) is 56.9 Å². The zero-order chi connectivity index (χ0) is 59.0. The number of carbonyl (C=O) groups is 3. The first kappa shape index (κ1) is 63.3. The summed E-state index contributed by atoms with van der Waals surface area (Å²) in [6, 6.07) is 0. The fourth-order valence-corrected chi connectivity index (χ4v) is 16.4. The third-order valence-electron chi connectivity index (χ3n) is 21.3. The van der Waals surface area contributed by atoms with Crippen LogP contribution in [0.15, 0.2) is 23.3 Å². The number of hydrogen-bond acceptors (Lipinski definition) is 22. The van der Waals surface area contributed by atoms with Gasteiger partial charge in [-0.2, -0.15) is 0 Å². The molecule has 0 bridgehead atoms. The van der Waals surface area contributed by atoms with E-state index in [-0.39, 0.29) is 30.3 Å². The molecule has 17 unspecified atom stereocenters. The summed E-state index contributed by atoms with van der Waals surface area (Å²) in [6.45, 7) is 19.5. The number of carbonyl (C=O) groups excluding carboxylic acids is 3. The van der Waals surface area contributed by atoms with Gasteiger partial charge in [-0.05, 0) is 105 Å². The van der Waals surface area contributed by atoms with Crippen LogP contribution in [-0.4, -0.2) is 206 Å². The fraction of sp³-hybridized carbons (Fsp3) is 0.879. The number of esters is 3. The van der Waals surface area contributed by atoms with E-state index in [1.54, 1.807) is 19.9 Å². The summed E-state index contributed by atoms with van der Waals surface area (Å²) in [6.07, 6.45) is -19.4. The van der Waals surface area contributed by atoms with Crippen molar-refractivity contribution >= 4 is 17.9 Å². The van der Waals surface area contributed by atoms with Gasteiger partial charge in [0.2, 0.25) is 0 Å². The minimum absolute atomic E-state index is 0.0205. The normalized spacial score (nSPS) is 47.8. The van der Waals surface area contributed by atoms with Gasteiger partial charge in [-0.1, -0.05) is 79.5 Å². The van der Waals surface area contributed by atoms with Crippen LogP contribution >= 0.6 is 0 Å².